The minimum atomic E-state index is -4.62. The van der Waals surface area contributed by atoms with Gasteiger partial charge in [-0.15, -0.1) is 0 Å². The number of carbonyl (C=O) groups is 1. The monoisotopic (exact) mass is 322 g/mol. The molecule has 1 aromatic carbocycles. The Balaban J connectivity index is 2.79. The van der Waals surface area contributed by atoms with Crippen molar-refractivity contribution in [1.82, 2.24) is 0 Å². The van der Waals surface area contributed by atoms with Crippen molar-refractivity contribution in [2.45, 2.75) is 25.9 Å². The van der Waals surface area contributed by atoms with Gasteiger partial charge in [-0.05, 0) is 25.5 Å². The molecule has 23 heavy (non-hydrogen) atoms. The van der Waals surface area contributed by atoms with Crippen LogP contribution < -0.4 is 5.73 Å². The molecule has 1 atom stereocenters. The Morgan fingerprint density at radius 1 is 1.35 bits per heavy atom. The van der Waals surface area contributed by atoms with Gasteiger partial charge in [0, 0.05) is 5.57 Å². The van der Waals surface area contributed by atoms with E-state index in [0.29, 0.717) is 0 Å². The summed E-state index contributed by atoms with van der Waals surface area (Å²) in [4.78, 5) is 11.9. The Kier molecular flexibility index (Phi) is 4.19. The van der Waals surface area contributed by atoms with E-state index in [1.165, 1.54) is 32.0 Å². The molecular weight excluding hydrogens is 309 g/mol. The normalized spacial score (nSPS) is 18.5. The second kappa shape index (κ2) is 5.80. The summed E-state index contributed by atoms with van der Waals surface area (Å²) in [5.74, 6) is -1.89. The highest BCUT2D eigenvalue weighted by Gasteiger charge is 2.40. The summed E-state index contributed by atoms with van der Waals surface area (Å²) in [6.45, 7) is 2.64. The van der Waals surface area contributed by atoms with Gasteiger partial charge in [0.25, 0.3) is 0 Å². The summed E-state index contributed by atoms with van der Waals surface area (Å²) < 4.78 is 45.0. The highest BCUT2D eigenvalue weighted by Crippen LogP contribution is 2.44. The molecule has 0 aliphatic carbocycles. The predicted molar refractivity (Wildman–Crippen MR) is 75.5 cm³/mol. The third kappa shape index (κ3) is 2.93. The summed E-state index contributed by atoms with van der Waals surface area (Å²) in [6.07, 6.45) is -4.62. The predicted octanol–water partition coefficient (Wildman–Crippen LogP) is 3.38. The Labute approximate surface area is 130 Å². The lowest BCUT2D eigenvalue weighted by Crippen LogP contribution is -2.25. The van der Waals surface area contributed by atoms with Gasteiger partial charge in [0.2, 0.25) is 5.88 Å². The molecule has 1 heterocycles. The summed E-state index contributed by atoms with van der Waals surface area (Å²) in [5, 5.41) is 9.29. The largest absolute Gasteiger partial charge is 0.445 e. The van der Waals surface area contributed by atoms with Crippen LogP contribution >= 0.6 is 0 Å². The van der Waals surface area contributed by atoms with E-state index < -0.39 is 23.4 Å². The number of halogens is 3. The number of hydrogen-bond donors (Lipinski definition) is 1. The Hall–Kier alpha value is -2.75. The molecule has 120 valence electrons. The van der Waals surface area contributed by atoms with Crippen molar-refractivity contribution in [2.24, 2.45) is 5.73 Å². The minimum Gasteiger partial charge on any atom is -0.445 e. The number of ether oxygens (including phenoxy) is 1. The van der Waals surface area contributed by atoms with Crippen molar-refractivity contribution in [3.8, 4) is 6.07 Å². The number of rotatable bonds is 2. The number of alkyl halides is 3. The average molecular weight is 322 g/mol. The van der Waals surface area contributed by atoms with Gasteiger partial charge < -0.3 is 10.5 Å². The minimum absolute atomic E-state index is 0.00699. The van der Waals surface area contributed by atoms with Gasteiger partial charge in [0.15, 0.2) is 5.78 Å². The number of hydrogen-bond acceptors (Lipinski definition) is 4. The number of nitriles is 1. The van der Waals surface area contributed by atoms with Gasteiger partial charge in [0.1, 0.15) is 17.4 Å². The lowest BCUT2D eigenvalue weighted by Gasteiger charge is -2.28. The highest BCUT2D eigenvalue weighted by molar-refractivity contribution is 5.96. The molecular formula is C16H13F3N2O2. The molecule has 0 unspecified atom stereocenters. The van der Waals surface area contributed by atoms with E-state index in [2.05, 4.69) is 0 Å². The molecule has 0 saturated heterocycles. The fourth-order valence-electron chi connectivity index (χ4n) is 2.65. The van der Waals surface area contributed by atoms with Gasteiger partial charge in [-0.1, -0.05) is 18.2 Å². The van der Waals surface area contributed by atoms with Crippen molar-refractivity contribution < 1.29 is 22.7 Å². The van der Waals surface area contributed by atoms with Gasteiger partial charge >= 0.3 is 6.18 Å². The lowest BCUT2D eigenvalue weighted by molar-refractivity contribution is -0.138. The van der Waals surface area contributed by atoms with E-state index in [1.807, 2.05) is 0 Å². The number of Topliss-reactive ketones (excluding diaryl/α,β-unsaturated/α-hetero) is 1. The van der Waals surface area contributed by atoms with Crippen molar-refractivity contribution in [3.63, 3.8) is 0 Å². The fraction of sp³-hybridized carbons (Fsp3) is 0.250. The second-order valence-electron chi connectivity index (χ2n) is 5.04. The fourth-order valence-corrected chi connectivity index (χ4v) is 2.65. The summed E-state index contributed by atoms with van der Waals surface area (Å²) in [5.41, 5.74) is 4.30. The van der Waals surface area contributed by atoms with Gasteiger partial charge in [0.05, 0.1) is 11.5 Å². The molecule has 2 N–H and O–H groups in total. The Morgan fingerprint density at radius 3 is 2.48 bits per heavy atom. The first kappa shape index (κ1) is 16.6. The molecule has 1 aliphatic rings. The molecule has 4 nitrogen and oxygen atoms in total. The van der Waals surface area contributed by atoms with E-state index in [1.54, 1.807) is 6.07 Å². The molecule has 0 saturated carbocycles. The average Bonchev–Trinajstić information content (AvgIpc) is 2.45. The molecule has 0 bridgehead atoms. The molecule has 0 aromatic heterocycles. The molecule has 1 aliphatic heterocycles. The van der Waals surface area contributed by atoms with Gasteiger partial charge in [-0.3, -0.25) is 4.79 Å². The van der Waals surface area contributed by atoms with Crippen LogP contribution in [0.4, 0.5) is 13.2 Å². The van der Waals surface area contributed by atoms with Crippen molar-refractivity contribution in [1.29, 1.82) is 5.26 Å². The quantitative estimate of drug-likeness (QED) is 0.905. The van der Waals surface area contributed by atoms with Crippen LogP contribution in [0.3, 0.4) is 0 Å². The van der Waals surface area contributed by atoms with Crippen LogP contribution in [-0.2, 0) is 15.7 Å². The lowest BCUT2D eigenvalue weighted by atomic mass is 9.79. The summed E-state index contributed by atoms with van der Waals surface area (Å²) in [7, 11) is 0. The zero-order chi connectivity index (χ0) is 17.4. The maximum absolute atomic E-state index is 13.3. The molecule has 7 heteroatoms. The third-order valence-electron chi connectivity index (χ3n) is 3.56. The van der Waals surface area contributed by atoms with E-state index >= 15 is 0 Å². The first-order valence-electron chi connectivity index (χ1n) is 6.63. The van der Waals surface area contributed by atoms with Crippen molar-refractivity contribution >= 4 is 5.78 Å². The van der Waals surface area contributed by atoms with Gasteiger partial charge in [-0.25, -0.2) is 0 Å². The Bertz CT molecular complexity index is 770. The first-order chi connectivity index (χ1) is 10.7. The van der Waals surface area contributed by atoms with E-state index in [-0.39, 0.29) is 28.4 Å². The van der Waals surface area contributed by atoms with Crippen LogP contribution in [0.1, 0.15) is 30.9 Å². The highest BCUT2D eigenvalue weighted by atomic mass is 19.4. The topological polar surface area (TPSA) is 76.1 Å². The van der Waals surface area contributed by atoms with E-state index in [0.717, 1.165) is 6.07 Å². The maximum Gasteiger partial charge on any atom is 0.416 e. The van der Waals surface area contributed by atoms with E-state index in [4.69, 9.17) is 10.5 Å². The standard InChI is InChI=1S/C16H13F3N2O2/c1-8(22)13-9(2)23-15(21)11(7-20)14(13)10-5-3-4-6-12(10)16(17,18)19/h3-6,14H,21H2,1-2H3/t14-/m1/s1. The number of carbonyl (C=O) groups excluding carboxylic acids is 1. The number of benzene rings is 1. The SMILES string of the molecule is CC(=O)C1=C(C)OC(N)=C(C#N)[C@H]1c1ccccc1C(F)(F)F. The molecule has 1 aromatic rings. The number of allylic oxidation sites excluding steroid dienone is 3. The molecule has 0 amide bonds. The zero-order valence-corrected chi connectivity index (χ0v) is 12.4. The molecule has 0 radical (unpaired) electrons. The maximum atomic E-state index is 13.3. The van der Waals surface area contributed by atoms with Gasteiger partial charge in [-0.2, -0.15) is 18.4 Å². The smallest absolute Gasteiger partial charge is 0.416 e. The molecule has 0 spiro atoms. The van der Waals surface area contributed by atoms with Crippen LogP contribution in [0.25, 0.3) is 0 Å². The summed E-state index contributed by atoms with van der Waals surface area (Å²) >= 11 is 0. The molecule has 2 rings (SSSR count). The number of nitrogens with two attached hydrogens (primary N) is 1. The summed E-state index contributed by atoms with van der Waals surface area (Å²) in [6, 6.07) is 6.56. The third-order valence-corrected chi connectivity index (χ3v) is 3.56. The van der Waals surface area contributed by atoms with Crippen molar-refractivity contribution in [3.05, 3.63) is 58.2 Å². The second-order valence-corrected chi connectivity index (χ2v) is 5.04. The number of nitrogens with zero attached hydrogens (tertiary/aromatic N) is 1. The van der Waals surface area contributed by atoms with Crippen molar-refractivity contribution in [2.75, 3.05) is 0 Å². The zero-order valence-electron chi connectivity index (χ0n) is 12.4. The number of ketones is 1. The van der Waals surface area contributed by atoms with Crippen LogP contribution in [0.5, 0.6) is 0 Å². The Morgan fingerprint density at radius 2 is 1.96 bits per heavy atom. The van der Waals surface area contributed by atoms with Crippen LogP contribution in [-0.4, -0.2) is 5.78 Å². The van der Waals surface area contributed by atoms with Crippen LogP contribution in [0.15, 0.2) is 47.1 Å². The van der Waals surface area contributed by atoms with Crippen LogP contribution in [0, 0.1) is 11.3 Å². The first-order valence-corrected chi connectivity index (χ1v) is 6.63. The molecule has 0 fully saturated rings. The van der Waals surface area contributed by atoms with E-state index in [9.17, 15) is 23.2 Å². The van der Waals surface area contributed by atoms with Crippen LogP contribution in [0.2, 0.25) is 0 Å².